The van der Waals surface area contributed by atoms with Crippen LogP contribution in [0.5, 0.6) is 0 Å². The third-order valence-corrected chi connectivity index (χ3v) is 6.11. The normalized spacial score (nSPS) is 12.2. The zero-order valence-corrected chi connectivity index (χ0v) is 17.6. The van der Waals surface area contributed by atoms with Crippen molar-refractivity contribution in [3.8, 4) is 0 Å². The molecule has 0 radical (unpaired) electrons. The standard InChI is InChI=1S/C22H24N4O3S/c1-16-10-11-21(17(2)13-16)30(28,29)24-15-20(18-7-4-3-5-8-18)26-22(27)25-19-9-6-12-23-14-19/h3-14,20,24H,15H2,1-2H3,(H2,25,26,27). The van der Waals surface area contributed by atoms with Gasteiger partial charge in [0, 0.05) is 12.7 Å². The summed E-state index contributed by atoms with van der Waals surface area (Å²) in [6.45, 7) is 3.67. The monoisotopic (exact) mass is 424 g/mol. The molecule has 0 aliphatic heterocycles. The number of hydrogen-bond donors (Lipinski definition) is 3. The zero-order valence-electron chi connectivity index (χ0n) is 16.8. The van der Waals surface area contributed by atoms with Crippen LogP contribution in [0, 0.1) is 13.8 Å². The molecule has 30 heavy (non-hydrogen) atoms. The van der Waals surface area contributed by atoms with Crippen molar-refractivity contribution in [1.29, 1.82) is 0 Å². The number of amides is 2. The fourth-order valence-corrected chi connectivity index (χ4v) is 4.34. The Morgan fingerprint density at radius 2 is 1.80 bits per heavy atom. The smallest absolute Gasteiger partial charge is 0.319 e. The molecule has 156 valence electrons. The van der Waals surface area contributed by atoms with Gasteiger partial charge in [-0.25, -0.2) is 17.9 Å². The van der Waals surface area contributed by atoms with Crippen LogP contribution in [0.2, 0.25) is 0 Å². The first kappa shape index (κ1) is 21.5. The second kappa shape index (κ2) is 9.51. The lowest BCUT2D eigenvalue weighted by Crippen LogP contribution is -2.39. The van der Waals surface area contributed by atoms with E-state index in [1.807, 2.05) is 43.3 Å². The minimum Gasteiger partial charge on any atom is -0.330 e. The summed E-state index contributed by atoms with van der Waals surface area (Å²) in [7, 11) is -3.74. The van der Waals surface area contributed by atoms with Gasteiger partial charge in [0.15, 0.2) is 0 Å². The summed E-state index contributed by atoms with van der Waals surface area (Å²) in [6, 6.07) is 16.8. The number of aromatic nitrogens is 1. The van der Waals surface area contributed by atoms with Gasteiger partial charge in [0.1, 0.15) is 0 Å². The minimum atomic E-state index is -3.74. The van der Waals surface area contributed by atoms with Gasteiger partial charge in [-0.15, -0.1) is 0 Å². The maximum Gasteiger partial charge on any atom is 0.319 e. The van der Waals surface area contributed by atoms with Crippen LogP contribution in [0.15, 0.2) is 78.0 Å². The van der Waals surface area contributed by atoms with E-state index >= 15 is 0 Å². The molecule has 3 rings (SSSR count). The molecular weight excluding hydrogens is 400 g/mol. The number of carbonyl (C=O) groups is 1. The maximum absolute atomic E-state index is 12.8. The summed E-state index contributed by atoms with van der Waals surface area (Å²) >= 11 is 0. The van der Waals surface area contributed by atoms with Crippen LogP contribution in [0.25, 0.3) is 0 Å². The number of aryl methyl sites for hydroxylation is 2. The highest BCUT2D eigenvalue weighted by Gasteiger charge is 2.21. The molecule has 1 heterocycles. The number of hydrogen-bond acceptors (Lipinski definition) is 4. The summed E-state index contributed by atoms with van der Waals surface area (Å²) in [5.41, 5.74) is 2.98. The largest absolute Gasteiger partial charge is 0.330 e. The number of sulfonamides is 1. The number of nitrogens with zero attached hydrogens (tertiary/aromatic N) is 1. The van der Waals surface area contributed by atoms with Gasteiger partial charge in [0.25, 0.3) is 0 Å². The Balaban J connectivity index is 1.75. The Kier molecular flexibility index (Phi) is 6.81. The van der Waals surface area contributed by atoms with Gasteiger partial charge in [-0.3, -0.25) is 4.98 Å². The zero-order chi connectivity index (χ0) is 21.6. The molecule has 1 atom stereocenters. The van der Waals surface area contributed by atoms with Crippen LogP contribution in [-0.4, -0.2) is 26.0 Å². The lowest BCUT2D eigenvalue weighted by Gasteiger charge is -2.20. The number of carbonyl (C=O) groups excluding carboxylic acids is 1. The molecule has 3 aromatic rings. The molecule has 0 saturated heterocycles. The van der Waals surface area contributed by atoms with Gasteiger partial charge in [-0.1, -0.05) is 48.0 Å². The first-order valence-corrected chi connectivity index (χ1v) is 10.9. The van der Waals surface area contributed by atoms with Crippen molar-refractivity contribution in [3.05, 3.63) is 89.7 Å². The van der Waals surface area contributed by atoms with Crippen LogP contribution < -0.4 is 15.4 Å². The Morgan fingerprint density at radius 3 is 2.47 bits per heavy atom. The van der Waals surface area contributed by atoms with Crippen molar-refractivity contribution in [2.24, 2.45) is 0 Å². The summed E-state index contributed by atoms with van der Waals surface area (Å²) < 4.78 is 28.3. The molecule has 2 amide bonds. The van der Waals surface area contributed by atoms with E-state index in [0.29, 0.717) is 11.3 Å². The molecule has 1 aromatic heterocycles. The van der Waals surface area contributed by atoms with Crippen LogP contribution in [0.4, 0.5) is 10.5 Å². The van der Waals surface area contributed by atoms with Crippen molar-refractivity contribution in [2.75, 3.05) is 11.9 Å². The molecule has 0 aliphatic carbocycles. The summed E-state index contributed by atoms with van der Waals surface area (Å²) in [5.74, 6) is 0. The van der Waals surface area contributed by atoms with Gasteiger partial charge in [-0.05, 0) is 43.2 Å². The SMILES string of the molecule is Cc1ccc(S(=O)(=O)NCC(NC(=O)Nc2cccnc2)c2ccccc2)c(C)c1. The lowest BCUT2D eigenvalue weighted by molar-refractivity contribution is 0.248. The first-order chi connectivity index (χ1) is 14.3. The number of pyridine rings is 1. The van der Waals surface area contributed by atoms with Crippen molar-refractivity contribution in [1.82, 2.24) is 15.0 Å². The predicted molar refractivity (Wildman–Crippen MR) is 117 cm³/mol. The van der Waals surface area contributed by atoms with Gasteiger partial charge >= 0.3 is 6.03 Å². The molecule has 1 unspecified atom stereocenters. The quantitative estimate of drug-likeness (QED) is 0.540. The lowest BCUT2D eigenvalue weighted by atomic mass is 10.1. The molecule has 2 aromatic carbocycles. The van der Waals surface area contributed by atoms with Crippen LogP contribution in [0.1, 0.15) is 22.7 Å². The van der Waals surface area contributed by atoms with Crippen molar-refractivity contribution in [2.45, 2.75) is 24.8 Å². The van der Waals surface area contributed by atoms with Crippen molar-refractivity contribution in [3.63, 3.8) is 0 Å². The second-order valence-electron chi connectivity index (χ2n) is 6.92. The van der Waals surface area contributed by atoms with E-state index in [1.165, 1.54) is 6.20 Å². The van der Waals surface area contributed by atoms with E-state index in [2.05, 4.69) is 20.3 Å². The third kappa shape index (κ3) is 5.65. The molecule has 8 heteroatoms. The molecule has 0 fully saturated rings. The topological polar surface area (TPSA) is 100 Å². The van der Waals surface area contributed by atoms with E-state index in [1.54, 1.807) is 37.4 Å². The van der Waals surface area contributed by atoms with Crippen LogP contribution >= 0.6 is 0 Å². The highest BCUT2D eigenvalue weighted by Crippen LogP contribution is 2.18. The van der Waals surface area contributed by atoms with E-state index in [-0.39, 0.29) is 11.4 Å². The first-order valence-electron chi connectivity index (χ1n) is 9.44. The van der Waals surface area contributed by atoms with Gasteiger partial charge in [0.2, 0.25) is 10.0 Å². The molecule has 0 bridgehead atoms. The maximum atomic E-state index is 12.8. The van der Waals surface area contributed by atoms with Crippen molar-refractivity contribution < 1.29 is 13.2 Å². The van der Waals surface area contributed by atoms with Gasteiger partial charge in [0.05, 0.1) is 22.8 Å². The van der Waals surface area contributed by atoms with Crippen LogP contribution in [0.3, 0.4) is 0 Å². The number of urea groups is 1. The average Bonchev–Trinajstić information content (AvgIpc) is 2.72. The molecule has 0 spiro atoms. The van der Waals surface area contributed by atoms with E-state index in [0.717, 1.165) is 11.1 Å². The Labute approximate surface area is 176 Å². The van der Waals surface area contributed by atoms with Gasteiger partial charge < -0.3 is 10.6 Å². The Bertz CT molecular complexity index is 1100. The highest BCUT2D eigenvalue weighted by molar-refractivity contribution is 7.89. The van der Waals surface area contributed by atoms with E-state index < -0.39 is 22.1 Å². The second-order valence-corrected chi connectivity index (χ2v) is 8.66. The fraction of sp³-hybridized carbons (Fsp3) is 0.182. The average molecular weight is 425 g/mol. The molecule has 0 saturated carbocycles. The molecule has 7 nitrogen and oxygen atoms in total. The molecule has 3 N–H and O–H groups in total. The third-order valence-electron chi connectivity index (χ3n) is 4.52. The number of anilines is 1. The molecular formula is C22H24N4O3S. The Morgan fingerprint density at radius 1 is 1.03 bits per heavy atom. The summed E-state index contributed by atoms with van der Waals surface area (Å²) in [4.78, 5) is 16.6. The molecule has 0 aliphatic rings. The predicted octanol–water partition coefficient (Wildman–Crippen LogP) is 3.54. The van der Waals surface area contributed by atoms with Gasteiger partial charge in [-0.2, -0.15) is 0 Å². The minimum absolute atomic E-state index is 0.000122. The van der Waals surface area contributed by atoms with E-state index in [4.69, 9.17) is 0 Å². The summed E-state index contributed by atoms with van der Waals surface area (Å²) in [6.07, 6.45) is 3.14. The number of benzene rings is 2. The summed E-state index contributed by atoms with van der Waals surface area (Å²) in [5, 5.41) is 5.52. The highest BCUT2D eigenvalue weighted by atomic mass is 32.2. The number of rotatable bonds is 7. The number of nitrogens with one attached hydrogen (secondary N) is 3. The fourth-order valence-electron chi connectivity index (χ4n) is 3.07. The Hall–Kier alpha value is -3.23. The van der Waals surface area contributed by atoms with E-state index in [9.17, 15) is 13.2 Å². The van der Waals surface area contributed by atoms with Crippen LogP contribution in [-0.2, 0) is 10.0 Å². The van der Waals surface area contributed by atoms with Crippen molar-refractivity contribution >= 4 is 21.7 Å².